The van der Waals surface area contributed by atoms with E-state index in [9.17, 15) is 26.3 Å². The van der Waals surface area contributed by atoms with E-state index < -0.39 is 36.9 Å². The molecule has 0 amide bonds. The van der Waals surface area contributed by atoms with Crippen molar-refractivity contribution in [3.05, 3.63) is 0 Å². The summed E-state index contributed by atoms with van der Waals surface area (Å²) < 4.78 is 66.7. The largest absolute Gasteiger partial charge is 0.452 e. The normalized spacial score (nSPS) is 14.8. The van der Waals surface area contributed by atoms with Crippen LogP contribution in [0.15, 0.2) is 0 Å². The molecule has 0 nitrogen and oxygen atoms in total. The van der Waals surface area contributed by atoms with Gasteiger partial charge >= 0.3 is 15.4 Å². The van der Waals surface area contributed by atoms with Gasteiger partial charge in [0.05, 0.1) is 0 Å². The second kappa shape index (κ2) is 4.16. The minimum atomic E-state index is -4.91. The summed E-state index contributed by atoms with van der Waals surface area (Å²) in [7, 11) is -2.26. The van der Waals surface area contributed by atoms with Crippen molar-refractivity contribution >= 4 is 44.8 Å². The molecule has 0 heterocycles. The number of rotatable bonds is 3. The highest BCUT2D eigenvalue weighted by Gasteiger charge is 2.55. The van der Waals surface area contributed by atoms with Crippen LogP contribution in [-0.4, -0.2) is 15.4 Å². The highest BCUT2D eigenvalue weighted by atomic mass is 35.5. The van der Waals surface area contributed by atoms with Gasteiger partial charge in [0, 0.05) is 10.8 Å². The van der Waals surface area contributed by atoms with Gasteiger partial charge in [0.25, 0.3) is 0 Å². The maximum atomic E-state index is 12.3. The minimum absolute atomic E-state index is 1.09. The molecule has 0 aromatic rings. The van der Waals surface area contributed by atoms with E-state index in [1.165, 1.54) is 0 Å². The molecule has 0 bridgehead atoms. The highest BCUT2D eigenvalue weighted by Crippen LogP contribution is 2.55. The van der Waals surface area contributed by atoms with E-state index >= 15 is 0 Å². The third-order valence-electron chi connectivity index (χ3n) is 0.571. The van der Waals surface area contributed by atoms with E-state index in [4.69, 9.17) is 0 Å². The Balaban J connectivity index is 4.21. The van der Waals surface area contributed by atoms with Gasteiger partial charge in [0.15, 0.2) is 0 Å². The summed E-state index contributed by atoms with van der Waals surface area (Å²) in [6, 6.07) is 0. The molecule has 0 atom stereocenters. The van der Waals surface area contributed by atoms with Gasteiger partial charge in [-0.3, -0.25) is 0 Å². The molecular weight excluding hydrogens is 285 g/mol. The Kier molecular flexibility index (Phi) is 4.43. The number of hydrogen-bond donors (Lipinski definition) is 0. The zero-order chi connectivity index (χ0) is 10.9. The van der Waals surface area contributed by atoms with E-state index in [2.05, 4.69) is 23.2 Å². The van der Waals surface area contributed by atoms with Gasteiger partial charge in [0.1, 0.15) is 0 Å². The van der Waals surface area contributed by atoms with Gasteiger partial charge in [0.2, 0.25) is 0 Å². The van der Waals surface area contributed by atoms with Crippen LogP contribution in [-0.2, 0) is 0 Å². The number of halogens is 8. The van der Waals surface area contributed by atoms with Crippen molar-refractivity contribution in [3.63, 3.8) is 0 Å². The lowest BCUT2D eigenvalue weighted by Crippen LogP contribution is -2.30. The molecule has 0 aromatic carbocycles. The van der Waals surface area contributed by atoms with E-state index in [0.29, 0.717) is 0 Å². The van der Waals surface area contributed by atoms with Crippen LogP contribution in [0.2, 0.25) is 0 Å². The zero-order valence-electron chi connectivity index (χ0n) is 5.34. The van der Waals surface area contributed by atoms with Gasteiger partial charge < -0.3 is 0 Å². The lowest BCUT2D eigenvalue weighted by atomic mass is 10.8. The van der Waals surface area contributed by atoms with Gasteiger partial charge in [-0.15, -0.1) is 0 Å². The average Bonchev–Trinajstić information content (AvgIpc) is 1.79. The second-order valence-electron chi connectivity index (χ2n) is 1.63. The smallest absolute Gasteiger partial charge is 0.200 e. The van der Waals surface area contributed by atoms with Crippen LogP contribution in [0.5, 0.6) is 0 Å². The molecule has 0 saturated carbocycles. The Labute approximate surface area is 86.7 Å². The molecule has 0 aliphatic rings. The Morgan fingerprint density at radius 3 is 1.38 bits per heavy atom. The predicted molar refractivity (Wildman–Crippen MR) is 41.7 cm³/mol. The second-order valence-corrected chi connectivity index (χ2v) is 5.17. The fourth-order valence-electron chi connectivity index (χ4n) is 0.147. The maximum absolute atomic E-state index is 12.3. The molecular formula is C3Cl2F6S2. The average molecular weight is 285 g/mol. The summed E-state index contributed by atoms with van der Waals surface area (Å²) in [6.07, 6.45) is 0. The standard InChI is InChI=1S/C3Cl2F6S2/c4-1(5,6)2(7,8)12-13-3(9,10)11. The topological polar surface area (TPSA) is 0 Å². The van der Waals surface area contributed by atoms with Crippen LogP contribution in [0, 0.1) is 0 Å². The molecule has 0 N–H and O–H groups in total. The van der Waals surface area contributed by atoms with Crippen LogP contribution in [0.1, 0.15) is 0 Å². The third-order valence-corrected chi connectivity index (χ3v) is 3.48. The minimum Gasteiger partial charge on any atom is -0.200 e. The summed E-state index contributed by atoms with van der Waals surface area (Å²) in [5, 5.41) is -4.53. The number of alkyl halides is 8. The first-order valence-corrected chi connectivity index (χ1v) is 5.24. The van der Waals surface area contributed by atoms with E-state index in [1.807, 2.05) is 0 Å². The first-order valence-electron chi connectivity index (χ1n) is 2.34. The van der Waals surface area contributed by atoms with Crippen molar-refractivity contribution in [2.75, 3.05) is 0 Å². The maximum Gasteiger partial charge on any atom is 0.452 e. The van der Waals surface area contributed by atoms with E-state index in [-0.39, 0.29) is 0 Å². The van der Waals surface area contributed by atoms with Crippen LogP contribution < -0.4 is 0 Å². The molecule has 10 heteroatoms. The number of hydrogen-bond acceptors (Lipinski definition) is 2. The van der Waals surface area contributed by atoms with Crippen molar-refractivity contribution < 1.29 is 26.3 Å². The van der Waals surface area contributed by atoms with Crippen molar-refractivity contribution in [3.8, 4) is 0 Å². The Morgan fingerprint density at radius 2 is 1.15 bits per heavy atom. The summed E-state index contributed by atoms with van der Waals surface area (Å²) >= 11 is 8.60. The molecule has 13 heavy (non-hydrogen) atoms. The fraction of sp³-hybridized carbons (Fsp3) is 1.00. The molecule has 0 aliphatic heterocycles. The van der Waals surface area contributed by atoms with Gasteiger partial charge in [-0.05, 0) is 10.8 Å². The van der Waals surface area contributed by atoms with Crippen LogP contribution in [0.25, 0.3) is 0 Å². The van der Waals surface area contributed by atoms with Crippen molar-refractivity contribution in [1.29, 1.82) is 0 Å². The SMILES string of the molecule is FC(F)(F)SSC(F)(F)C(F)(Cl)Cl. The van der Waals surface area contributed by atoms with E-state index in [1.54, 1.807) is 0 Å². The first-order chi connectivity index (χ1) is 5.46. The van der Waals surface area contributed by atoms with Crippen LogP contribution in [0.3, 0.4) is 0 Å². The summed E-state index contributed by atoms with van der Waals surface area (Å²) in [4.78, 5) is 0. The summed E-state index contributed by atoms with van der Waals surface area (Å²) in [5.41, 5.74) is -4.91. The molecule has 0 fully saturated rings. The lowest BCUT2D eigenvalue weighted by molar-refractivity contribution is -0.0315. The predicted octanol–water partition coefficient (Wildman–Crippen LogP) is 4.58. The highest BCUT2D eigenvalue weighted by molar-refractivity contribution is 8.77. The van der Waals surface area contributed by atoms with Crippen molar-refractivity contribution in [2.24, 2.45) is 0 Å². The molecule has 0 saturated heterocycles. The van der Waals surface area contributed by atoms with Gasteiger partial charge in [-0.1, -0.05) is 23.2 Å². The molecule has 0 unspecified atom stereocenters. The van der Waals surface area contributed by atoms with Crippen LogP contribution >= 0.6 is 44.8 Å². The quantitative estimate of drug-likeness (QED) is 0.423. The van der Waals surface area contributed by atoms with Gasteiger partial charge in [-0.2, -0.15) is 26.3 Å². The molecule has 0 aliphatic carbocycles. The van der Waals surface area contributed by atoms with Crippen molar-refractivity contribution in [1.82, 2.24) is 0 Å². The molecule has 0 rings (SSSR count). The monoisotopic (exact) mass is 284 g/mol. The molecule has 0 spiro atoms. The Bertz CT molecular complexity index is 174. The van der Waals surface area contributed by atoms with Gasteiger partial charge in [-0.25, -0.2) is 0 Å². The third kappa shape index (κ3) is 5.34. The summed E-state index contributed by atoms with van der Waals surface area (Å²) in [5.74, 6) is 0. The molecule has 0 radical (unpaired) electrons. The summed E-state index contributed by atoms with van der Waals surface area (Å²) in [6.45, 7) is 0. The first kappa shape index (κ1) is 13.9. The van der Waals surface area contributed by atoms with E-state index in [0.717, 1.165) is 0 Å². The van der Waals surface area contributed by atoms with Crippen molar-refractivity contribution in [2.45, 2.75) is 15.4 Å². The van der Waals surface area contributed by atoms with Crippen LogP contribution in [0.4, 0.5) is 26.3 Å². The lowest BCUT2D eigenvalue weighted by Gasteiger charge is -2.20. The molecule has 80 valence electrons. The fourth-order valence-corrected chi connectivity index (χ4v) is 1.89. The Morgan fingerprint density at radius 1 is 0.769 bits per heavy atom. The molecule has 0 aromatic heterocycles. The Hall–Kier alpha value is 0.860. The zero-order valence-corrected chi connectivity index (χ0v) is 8.49.